The van der Waals surface area contributed by atoms with E-state index >= 15 is 0 Å². The van der Waals surface area contributed by atoms with Gasteiger partial charge in [-0.05, 0) is 62.1 Å². The van der Waals surface area contributed by atoms with E-state index < -0.39 is 12.0 Å². The largest absolute Gasteiger partial charge is 0.398 e. The normalized spacial score (nSPS) is 16.1. The second kappa shape index (κ2) is 9.37. The Morgan fingerprint density at radius 3 is 2.53 bits per heavy atom. The molecule has 3 N–H and O–H groups in total. The predicted octanol–water partition coefficient (Wildman–Crippen LogP) is 4.52. The van der Waals surface area contributed by atoms with E-state index in [1.54, 1.807) is 12.1 Å². The van der Waals surface area contributed by atoms with Gasteiger partial charge in [0.05, 0.1) is 17.6 Å². The molecule has 0 aromatic heterocycles. The van der Waals surface area contributed by atoms with E-state index in [0.29, 0.717) is 17.9 Å². The smallest absolute Gasteiger partial charge is 0.250 e. The van der Waals surface area contributed by atoms with Crippen LogP contribution in [-0.4, -0.2) is 24.4 Å². The molecule has 164 valence electrons. The number of benzene rings is 3. The van der Waals surface area contributed by atoms with E-state index in [4.69, 9.17) is 5.73 Å². The fourth-order valence-electron chi connectivity index (χ4n) is 4.35. The van der Waals surface area contributed by atoms with Gasteiger partial charge in [0.15, 0.2) is 0 Å². The van der Waals surface area contributed by atoms with Crippen molar-refractivity contribution in [1.29, 1.82) is 0 Å². The first-order valence-electron chi connectivity index (χ1n) is 11.1. The van der Waals surface area contributed by atoms with E-state index in [9.17, 15) is 9.59 Å². The molecular weight excluding hydrogens is 398 g/mol. The van der Waals surface area contributed by atoms with Crippen LogP contribution in [0.4, 0.5) is 11.4 Å². The van der Waals surface area contributed by atoms with Gasteiger partial charge in [-0.25, -0.2) is 4.90 Å². The highest BCUT2D eigenvalue weighted by molar-refractivity contribution is 6.22. The monoisotopic (exact) mass is 427 g/mol. The molecule has 0 radical (unpaired) electrons. The first-order valence-corrected chi connectivity index (χ1v) is 11.1. The quantitative estimate of drug-likeness (QED) is 0.448. The summed E-state index contributed by atoms with van der Waals surface area (Å²) in [4.78, 5) is 28.3. The Kier molecular flexibility index (Phi) is 6.37. The number of carbonyl (C=O) groups excluding carboxylic acids is 2. The molecule has 0 bridgehead atoms. The Bertz CT molecular complexity index is 1130. The van der Waals surface area contributed by atoms with Gasteiger partial charge in [0.1, 0.15) is 0 Å². The van der Waals surface area contributed by atoms with Gasteiger partial charge in [0.25, 0.3) is 5.91 Å². The molecule has 0 saturated heterocycles. The maximum absolute atomic E-state index is 13.5. The van der Waals surface area contributed by atoms with Gasteiger partial charge >= 0.3 is 0 Å². The Morgan fingerprint density at radius 1 is 1.03 bits per heavy atom. The lowest BCUT2D eigenvalue weighted by Gasteiger charge is -2.26. The Hall–Kier alpha value is -3.44. The fourth-order valence-corrected chi connectivity index (χ4v) is 4.35. The zero-order chi connectivity index (χ0) is 22.7. The number of hydrogen-bond donors (Lipinski definition) is 2. The molecule has 3 aromatic carbocycles. The average Bonchev–Trinajstić information content (AvgIpc) is 2.91. The number of rotatable bonds is 6. The van der Waals surface area contributed by atoms with Crippen molar-refractivity contribution in [3.8, 4) is 11.1 Å². The molecule has 1 aliphatic heterocycles. The first-order chi connectivity index (χ1) is 15.5. The molecule has 4 rings (SSSR count). The van der Waals surface area contributed by atoms with Crippen molar-refractivity contribution in [2.24, 2.45) is 0 Å². The van der Waals surface area contributed by atoms with Gasteiger partial charge in [0.2, 0.25) is 5.91 Å². The highest BCUT2D eigenvalue weighted by Gasteiger charge is 2.37. The SMILES string of the molecule is CC1C(=O)N(C(=O)[C@H](C)NCCCc2ccccc2)c2cccc(N)c2-c2ccccc21. The summed E-state index contributed by atoms with van der Waals surface area (Å²) in [5.74, 6) is -0.946. The summed E-state index contributed by atoms with van der Waals surface area (Å²) >= 11 is 0. The van der Waals surface area contributed by atoms with Gasteiger partial charge in [-0.1, -0.05) is 60.7 Å². The maximum atomic E-state index is 13.5. The first kappa shape index (κ1) is 21.8. The van der Waals surface area contributed by atoms with Crippen LogP contribution in [0.1, 0.15) is 37.3 Å². The van der Waals surface area contributed by atoms with Crippen LogP contribution in [0.3, 0.4) is 0 Å². The summed E-state index contributed by atoms with van der Waals surface area (Å²) in [6.45, 7) is 4.34. The second-order valence-electron chi connectivity index (χ2n) is 8.33. The number of anilines is 2. The summed E-state index contributed by atoms with van der Waals surface area (Å²) in [5, 5.41) is 3.30. The standard InChI is InChI=1S/C27H29N3O2/c1-18-21-13-6-7-14-22(21)25-23(28)15-8-16-24(25)30(26(18)31)27(32)19(2)29-17-9-12-20-10-4-3-5-11-20/h3-8,10-11,13-16,18-19,29H,9,12,17,28H2,1-2H3/t18?,19-/m0/s1. The number of nitrogens with two attached hydrogens (primary N) is 1. The summed E-state index contributed by atoms with van der Waals surface area (Å²) in [7, 11) is 0. The number of carbonyl (C=O) groups is 2. The number of hydrogen-bond acceptors (Lipinski definition) is 4. The number of amides is 2. The summed E-state index contributed by atoms with van der Waals surface area (Å²) in [5.41, 5.74) is 11.2. The van der Waals surface area contributed by atoms with Crippen LogP contribution < -0.4 is 16.0 Å². The average molecular weight is 428 g/mol. The lowest BCUT2D eigenvalue weighted by molar-refractivity contribution is -0.128. The molecule has 32 heavy (non-hydrogen) atoms. The lowest BCUT2D eigenvalue weighted by Crippen LogP contribution is -2.49. The molecule has 0 spiro atoms. The fraction of sp³-hybridized carbons (Fsp3) is 0.259. The van der Waals surface area contributed by atoms with Gasteiger partial charge in [-0.2, -0.15) is 0 Å². The summed E-state index contributed by atoms with van der Waals surface area (Å²) in [6.07, 6.45) is 1.84. The molecule has 0 saturated carbocycles. The van der Waals surface area contributed by atoms with E-state index in [1.807, 2.05) is 62.4 Å². The zero-order valence-corrected chi connectivity index (χ0v) is 18.5. The minimum absolute atomic E-state index is 0.232. The van der Waals surface area contributed by atoms with Crippen LogP contribution in [0.2, 0.25) is 0 Å². The molecule has 0 fully saturated rings. The van der Waals surface area contributed by atoms with Crippen molar-refractivity contribution in [2.75, 3.05) is 17.2 Å². The number of nitrogens with one attached hydrogen (secondary N) is 1. The van der Waals surface area contributed by atoms with Crippen molar-refractivity contribution >= 4 is 23.2 Å². The van der Waals surface area contributed by atoms with Crippen molar-refractivity contribution in [1.82, 2.24) is 5.32 Å². The molecule has 0 aliphatic carbocycles. The van der Waals surface area contributed by atoms with Crippen molar-refractivity contribution in [3.05, 3.63) is 83.9 Å². The Balaban J connectivity index is 1.56. The van der Waals surface area contributed by atoms with Gasteiger partial charge in [0, 0.05) is 11.3 Å². The summed E-state index contributed by atoms with van der Waals surface area (Å²) < 4.78 is 0. The summed E-state index contributed by atoms with van der Waals surface area (Å²) in [6, 6.07) is 22.9. The van der Waals surface area contributed by atoms with Gasteiger partial charge in [-0.15, -0.1) is 0 Å². The minimum atomic E-state index is -0.502. The number of fused-ring (bicyclic) bond motifs is 3. The van der Waals surface area contributed by atoms with E-state index in [-0.39, 0.29) is 11.8 Å². The van der Waals surface area contributed by atoms with Gasteiger partial charge in [-0.3, -0.25) is 9.59 Å². The highest BCUT2D eigenvalue weighted by atomic mass is 16.2. The van der Waals surface area contributed by atoms with E-state index in [1.165, 1.54) is 10.5 Å². The highest BCUT2D eigenvalue weighted by Crippen LogP contribution is 2.44. The van der Waals surface area contributed by atoms with Crippen molar-refractivity contribution < 1.29 is 9.59 Å². The molecule has 1 unspecified atom stereocenters. The van der Waals surface area contributed by atoms with Crippen LogP contribution in [0.5, 0.6) is 0 Å². The third-order valence-corrected chi connectivity index (χ3v) is 6.13. The Morgan fingerprint density at radius 2 is 1.75 bits per heavy atom. The lowest BCUT2D eigenvalue weighted by atomic mass is 9.92. The molecule has 1 aliphatic rings. The third-order valence-electron chi connectivity index (χ3n) is 6.13. The maximum Gasteiger partial charge on any atom is 0.250 e. The number of nitrogen functional groups attached to an aromatic ring is 1. The third kappa shape index (κ3) is 4.16. The number of nitrogens with zero attached hydrogens (tertiary/aromatic N) is 1. The van der Waals surface area contributed by atoms with Crippen LogP contribution in [0.25, 0.3) is 11.1 Å². The number of aryl methyl sites for hydroxylation is 1. The van der Waals surface area contributed by atoms with Crippen LogP contribution in [-0.2, 0) is 16.0 Å². The van der Waals surface area contributed by atoms with Crippen molar-refractivity contribution in [3.63, 3.8) is 0 Å². The van der Waals surface area contributed by atoms with Crippen LogP contribution in [0, 0.1) is 0 Å². The van der Waals surface area contributed by atoms with E-state index in [0.717, 1.165) is 29.5 Å². The topological polar surface area (TPSA) is 75.4 Å². The molecule has 3 aromatic rings. The number of imide groups is 1. The van der Waals surface area contributed by atoms with E-state index in [2.05, 4.69) is 17.4 Å². The second-order valence-corrected chi connectivity index (χ2v) is 8.33. The predicted molar refractivity (Wildman–Crippen MR) is 129 cm³/mol. The molecule has 2 atom stereocenters. The zero-order valence-electron chi connectivity index (χ0n) is 18.5. The minimum Gasteiger partial charge on any atom is -0.398 e. The molecular formula is C27H29N3O2. The van der Waals surface area contributed by atoms with Crippen LogP contribution in [0.15, 0.2) is 72.8 Å². The molecule has 5 heteroatoms. The molecule has 2 amide bonds. The van der Waals surface area contributed by atoms with Crippen LogP contribution >= 0.6 is 0 Å². The van der Waals surface area contributed by atoms with Crippen molar-refractivity contribution in [2.45, 2.75) is 38.6 Å². The van der Waals surface area contributed by atoms with Gasteiger partial charge < -0.3 is 11.1 Å². The molecule has 1 heterocycles. The molecule has 5 nitrogen and oxygen atoms in total. The Labute approximate surface area is 189 Å².